The van der Waals surface area contributed by atoms with E-state index in [9.17, 15) is 9.59 Å². The highest BCUT2D eigenvalue weighted by Crippen LogP contribution is 2.17. The number of esters is 1. The SMILES string of the molecule is CCOC(=O)c1ccc(Nc2ccc(C(=O)Nc3ccc(Cl)cc3)nn2)cc1. The van der Waals surface area contributed by atoms with Crippen LogP contribution in [0.2, 0.25) is 5.02 Å². The zero-order valence-corrected chi connectivity index (χ0v) is 15.7. The largest absolute Gasteiger partial charge is 0.462 e. The van der Waals surface area contributed by atoms with Gasteiger partial charge in [-0.2, -0.15) is 0 Å². The number of nitrogens with one attached hydrogen (secondary N) is 2. The zero-order chi connectivity index (χ0) is 19.9. The third-order valence-electron chi connectivity index (χ3n) is 3.67. The summed E-state index contributed by atoms with van der Waals surface area (Å²) in [5, 5.41) is 14.3. The van der Waals surface area contributed by atoms with Gasteiger partial charge in [0.05, 0.1) is 12.2 Å². The lowest BCUT2D eigenvalue weighted by atomic mass is 10.2. The summed E-state index contributed by atoms with van der Waals surface area (Å²) in [7, 11) is 0. The summed E-state index contributed by atoms with van der Waals surface area (Å²) >= 11 is 5.82. The lowest BCUT2D eigenvalue weighted by Gasteiger charge is -2.07. The number of benzene rings is 2. The van der Waals surface area contributed by atoms with Crippen molar-refractivity contribution >= 4 is 40.7 Å². The first-order valence-electron chi connectivity index (χ1n) is 8.50. The normalized spacial score (nSPS) is 10.2. The van der Waals surface area contributed by atoms with Crippen LogP contribution in [0.25, 0.3) is 0 Å². The second-order valence-corrected chi connectivity index (χ2v) is 6.12. The van der Waals surface area contributed by atoms with Gasteiger partial charge in [-0.05, 0) is 67.6 Å². The maximum Gasteiger partial charge on any atom is 0.338 e. The summed E-state index contributed by atoms with van der Waals surface area (Å²) in [5.41, 5.74) is 1.98. The highest BCUT2D eigenvalue weighted by Gasteiger charge is 2.10. The summed E-state index contributed by atoms with van der Waals surface area (Å²) < 4.78 is 4.94. The molecule has 2 N–H and O–H groups in total. The number of aromatic nitrogens is 2. The van der Waals surface area contributed by atoms with Crippen molar-refractivity contribution in [2.24, 2.45) is 0 Å². The lowest BCUT2D eigenvalue weighted by molar-refractivity contribution is 0.0526. The van der Waals surface area contributed by atoms with Gasteiger partial charge in [-0.15, -0.1) is 10.2 Å². The van der Waals surface area contributed by atoms with Crippen LogP contribution in [-0.2, 0) is 4.74 Å². The molecular formula is C20H17ClN4O3. The Morgan fingerprint density at radius 3 is 2.21 bits per heavy atom. The second kappa shape index (κ2) is 8.96. The molecule has 0 radical (unpaired) electrons. The molecule has 0 saturated heterocycles. The average Bonchev–Trinajstić information content (AvgIpc) is 2.71. The minimum Gasteiger partial charge on any atom is -0.462 e. The van der Waals surface area contributed by atoms with Crippen LogP contribution in [0.1, 0.15) is 27.8 Å². The molecule has 142 valence electrons. The molecule has 3 aromatic rings. The molecule has 0 aliphatic heterocycles. The predicted octanol–water partition coefficient (Wildman–Crippen LogP) is 4.30. The van der Waals surface area contributed by atoms with E-state index in [1.165, 1.54) is 0 Å². The van der Waals surface area contributed by atoms with Crippen molar-refractivity contribution in [2.45, 2.75) is 6.92 Å². The van der Waals surface area contributed by atoms with Crippen LogP contribution in [-0.4, -0.2) is 28.7 Å². The monoisotopic (exact) mass is 396 g/mol. The molecule has 2 aromatic carbocycles. The molecule has 0 unspecified atom stereocenters. The minimum atomic E-state index is -0.375. The van der Waals surface area contributed by atoms with Crippen molar-refractivity contribution in [3.8, 4) is 0 Å². The molecule has 3 rings (SSSR count). The van der Waals surface area contributed by atoms with Crippen molar-refractivity contribution in [1.29, 1.82) is 0 Å². The summed E-state index contributed by atoms with van der Waals surface area (Å²) in [6.07, 6.45) is 0. The van der Waals surface area contributed by atoms with Gasteiger partial charge in [0.25, 0.3) is 5.91 Å². The molecule has 1 amide bonds. The Morgan fingerprint density at radius 2 is 1.61 bits per heavy atom. The van der Waals surface area contributed by atoms with Gasteiger partial charge in [-0.3, -0.25) is 4.79 Å². The smallest absolute Gasteiger partial charge is 0.338 e. The first kappa shape index (κ1) is 19.3. The third kappa shape index (κ3) is 5.05. The Labute approximate surface area is 166 Å². The van der Waals surface area contributed by atoms with Gasteiger partial charge >= 0.3 is 5.97 Å². The van der Waals surface area contributed by atoms with Gasteiger partial charge in [0.2, 0.25) is 0 Å². The summed E-state index contributed by atoms with van der Waals surface area (Å²) in [4.78, 5) is 23.9. The number of carbonyl (C=O) groups is 2. The van der Waals surface area contributed by atoms with E-state index in [1.54, 1.807) is 67.6 Å². The molecule has 8 heteroatoms. The van der Waals surface area contributed by atoms with Crippen molar-refractivity contribution < 1.29 is 14.3 Å². The Balaban J connectivity index is 1.61. The Bertz CT molecular complexity index is 958. The second-order valence-electron chi connectivity index (χ2n) is 5.69. The van der Waals surface area contributed by atoms with Crippen LogP contribution < -0.4 is 10.6 Å². The van der Waals surface area contributed by atoms with Crippen LogP contribution >= 0.6 is 11.6 Å². The third-order valence-corrected chi connectivity index (χ3v) is 3.92. The number of hydrogen-bond donors (Lipinski definition) is 2. The van der Waals surface area contributed by atoms with Gasteiger partial charge in [0.1, 0.15) is 0 Å². The molecule has 28 heavy (non-hydrogen) atoms. The van der Waals surface area contributed by atoms with Gasteiger partial charge in [-0.1, -0.05) is 11.6 Å². The van der Waals surface area contributed by atoms with Gasteiger partial charge in [0, 0.05) is 16.4 Å². The highest BCUT2D eigenvalue weighted by atomic mass is 35.5. The molecule has 1 heterocycles. The van der Waals surface area contributed by atoms with Crippen LogP contribution in [0.3, 0.4) is 0 Å². The summed E-state index contributed by atoms with van der Waals surface area (Å²) in [6, 6.07) is 16.7. The number of halogens is 1. The number of amides is 1. The standard InChI is InChI=1S/C20H17ClN4O3/c1-2-28-20(27)13-3-7-15(8-4-13)22-18-12-11-17(24-25-18)19(26)23-16-9-5-14(21)6-10-16/h3-12H,2H2,1H3,(H,22,25)(H,23,26). The number of nitrogens with zero attached hydrogens (tertiary/aromatic N) is 2. The Morgan fingerprint density at radius 1 is 0.929 bits per heavy atom. The van der Waals surface area contributed by atoms with E-state index in [1.807, 2.05) is 0 Å². The fraction of sp³-hybridized carbons (Fsp3) is 0.100. The molecule has 0 fully saturated rings. The Kier molecular flexibility index (Phi) is 6.18. The number of ether oxygens (including phenoxy) is 1. The molecule has 7 nitrogen and oxygen atoms in total. The Hall–Kier alpha value is -3.45. The van der Waals surface area contributed by atoms with E-state index in [-0.39, 0.29) is 17.6 Å². The van der Waals surface area contributed by atoms with Gasteiger partial charge < -0.3 is 15.4 Å². The molecule has 0 atom stereocenters. The van der Waals surface area contributed by atoms with E-state index in [0.29, 0.717) is 28.7 Å². The van der Waals surface area contributed by atoms with E-state index in [2.05, 4.69) is 20.8 Å². The minimum absolute atomic E-state index is 0.179. The molecular weight excluding hydrogens is 380 g/mol. The molecule has 0 bridgehead atoms. The fourth-order valence-electron chi connectivity index (χ4n) is 2.30. The maximum atomic E-state index is 12.2. The van der Waals surface area contributed by atoms with E-state index >= 15 is 0 Å². The first-order chi connectivity index (χ1) is 13.5. The number of hydrogen-bond acceptors (Lipinski definition) is 6. The van der Waals surface area contributed by atoms with Crippen molar-refractivity contribution in [2.75, 3.05) is 17.2 Å². The fourth-order valence-corrected chi connectivity index (χ4v) is 2.43. The summed E-state index contributed by atoms with van der Waals surface area (Å²) in [5.74, 6) is -0.281. The highest BCUT2D eigenvalue weighted by molar-refractivity contribution is 6.30. The van der Waals surface area contributed by atoms with Crippen molar-refractivity contribution in [3.05, 3.63) is 76.9 Å². The molecule has 0 spiro atoms. The van der Waals surface area contributed by atoms with Crippen molar-refractivity contribution in [1.82, 2.24) is 10.2 Å². The number of rotatable bonds is 6. The van der Waals surface area contributed by atoms with Crippen LogP contribution in [0.5, 0.6) is 0 Å². The molecule has 1 aromatic heterocycles. The van der Waals surface area contributed by atoms with Crippen LogP contribution in [0.4, 0.5) is 17.2 Å². The van der Waals surface area contributed by atoms with Crippen LogP contribution in [0.15, 0.2) is 60.7 Å². The first-order valence-corrected chi connectivity index (χ1v) is 8.88. The zero-order valence-electron chi connectivity index (χ0n) is 15.0. The van der Waals surface area contributed by atoms with Crippen molar-refractivity contribution in [3.63, 3.8) is 0 Å². The number of carbonyl (C=O) groups excluding carboxylic acids is 2. The van der Waals surface area contributed by atoms with E-state index in [4.69, 9.17) is 16.3 Å². The van der Waals surface area contributed by atoms with Gasteiger partial charge in [-0.25, -0.2) is 4.79 Å². The molecule has 0 saturated carbocycles. The summed E-state index contributed by atoms with van der Waals surface area (Å²) in [6.45, 7) is 2.08. The quantitative estimate of drug-likeness (QED) is 0.603. The van der Waals surface area contributed by atoms with Crippen LogP contribution in [0, 0.1) is 0 Å². The van der Waals surface area contributed by atoms with E-state index < -0.39 is 0 Å². The van der Waals surface area contributed by atoms with Gasteiger partial charge in [0.15, 0.2) is 11.5 Å². The molecule has 0 aliphatic rings. The number of anilines is 3. The van der Waals surface area contributed by atoms with E-state index in [0.717, 1.165) is 5.69 Å². The lowest BCUT2D eigenvalue weighted by Crippen LogP contribution is -2.14. The average molecular weight is 397 g/mol. The predicted molar refractivity (Wildman–Crippen MR) is 107 cm³/mol. The molecule has 0 aliphatic carbocycles. The topological polar surface area (TPSA) is 93.2 Å². The maximum absolute atomic E-state index is 12.2.